The summed E-state index contributed by atoms with van der Waals surface area (Å²) in [4.78, 5) is 16.7. The first kappa shape index (κ1) is 19.0. The van der Waals surface area contributed by atoms with E-state index in [2.05, 4.69) is 30.0 Å². The van der Waals surface area contributed by atoms with Crippen LogP contribution in [0.25, 0.3) is 0 Å². The molecule has 0 unspecified atom stereocenters. The Labute approximate surface area is 166 Å². The number of hydrogen-bond acceptors (Lipinski definition) is 4. The van der Waals surface area contributed by atoms with E-state index in [0.717, 1.165) is 5.69 Å². The first-order valence-electron chi connectivity index (χ1n) is 9.71. The predicted octanol–water partition coefficient (Wildman–Crippen LogP) is 1.78. The van der Waals surface area contributed by atoms with Crippen molar-refractivity contribution in [2.75, 3.05) is 44.2 Å². The predicted molar refractivity (Wildman–Crippen MR) is 108 cm³/mol. The lowest BCUT2D eigenvalue weighted by Crippen LogP contribution is -2.48. The Balaban J connectivity index is 1.50. The van der Waals surface area contributed by atoms with Gasteiger partial charge >= 0.3 is 0 Å². The number of carbonyl (C=O) groups is 1. The van der Waals surface area contributed by atoms with E-state index in [0.29, 0.717) is 51.5 Å². The zero-order valence-electron chi connectivity index (χ0n) is 16.3. The largest absolute Gasteiger partial charge is 0.369 e. The van der Waals surface area contributed by atoms with Gasteiger partial charge in [0.25, 0.3) is 5.91 Å². The van der Waals surface area contributed by atoms with Crippen LogP contribution < -0.4 is 4.90 Å². The number of fused-ring (bicyclic) bond motifs is 1. The number of rotatable bonds is 4. The molecule has 3 heterocycles. The van der Waals surface area contributed by atoms with Crippen LogP contribution in [0.4, 0.5) is 5.69 Å². The number of piperazine rings is 1. The third-order valence-electron chi connectivity index (χ3n) is 5.61. The van der Waals surface area contributed by atoms with Gasteiger partial charge in [-0.3, -0.25) is 4.79 Å². The molecule has 1 fully saturated rings. The van der Waals surface area contributed by atoms with Crippen molar-refractivity contribution in [2.24, 2.45) is 0 Å². The highest BCUT2D eigenvalue weighted by atomic mass is 32.2. The topological polar surface area (TPSA) is 65.9 Å². The van der Waals surface area contributed by atoms with Gasteiger partial charge in [0, 0.05) is 57.7 Å². The van der Waals surface area contributed by atoms with Crippen LogP contribution in [0.15, 0.2) is 41.4 Å². The summed E-state index contributed by atoms with van der Waals surface area (Å²) in [5, 5.41) is 0. The number of amides is 1. The van der Waals surface area contributed by atoms with Crippen molar-refractivity contribution >= 4 is 21.6 Å². The van der Waals surface area contributed by atoms with Crippen LogP contribution in [0.5, 0.6) is 0 Å². The van der Waals surface area contributed by atoms with Crippen molar-refractivity contribution < 1.29 is 13.2 Å². The minimum Gasteiger partial charge on any atom is -0.369 e. The van der Waals surface area contributed by atoms with Gasteiger partial charge in [-0.25, -0.2) is 8.42 Å². The molecule has 0 bridgehead atoms. The average molecular weight is 403 g/mol. The second-order valence-electron chi connectivity index (χ2n) is 7.37. The maximum Gasteiger partial charge on any atom is 0.270 e. The molecule has 0 atom stereocenters. The Kier molecular flexibility index (Phi) is 4.93. The SMILES string of the molecule is CCN1CCn2cc(S(=O)(=O)N3CCN(c4cccc(C)c4)CC3)cc2C1=O. The molecule has 0 saturated carbocycles. The first-order valence-corrected chi connectivity index (χ1v) is 11.2. The molecule has 7 nitrogen and oxygen atoms in total. The number of aryl methyl sites for hydroxylation is 1. The molecule has 1 aromatic heterocycles. The Morgan fingerprint density at radius 2 is 1.75 bits per heavy atom. The molecule has 0 spiro atoms. The maximum absolute atomic E-state index is 13.1. The molecule has 0 N–H and O–H groups in total. The average Bonchev–Trinajstić information content (AvgIpc) is 3.15. The normalized spacial score (nSPS) is 18.4. The second kappa shape index (κ2) is 7.25. The van der Waals surface area contributed by atoms with E-state index in [4.69, 9.17) is 0 Å². The minimum absolute atomic E-state index is 0.0977. The summed E-state index contributed by atoms with van der Waals surface area (Å²) >= 11 is 0. The third-order valence-corrected chi connectivity index (χ3v) is 7.48. The van der Waals surface area contributed by atoms with Crippen molar-refractivity contribution in [2.45, 2.75) is 25.3 Å². The summed E-state index contributed by atoms with van der Waals surface area (Å²) in [6.07, 6.45) is 1.61. The van der Waals surface area contributed by atoms with Crippen molar-refractivity contribution in [1.82, 2.24) is 13.8 Å². The molecule has 2 aliphatic rings. The van der Waals surface area contributed by atoms with Crippen molar-refractivity contribution in [3.8, 4) is 0 Å². The molecule has 8 heteroatoms. The van der Waals surface area contributed by atoms with Gasteiger partial charge in [0.05, 0.1) is 0 Å². The van der Waals surface area contributed by atoms with E-state index < -0.39 is 10.0 Å². The summed E-state index contributed by atoms with van der Waals surface area (Å²) in [5.74, 6) is -0.0977. The van der Waals surface area contributed by atoms with Crippen LogP contribution in [-0.4, -0.2) is 67.4 Å². The molecular formula is C20H26N4O3S. The molecule has 2 aromatic rings. The van der Waals surface area contributed by atoms with Crippen LogP contribution in [0.1, 0.15) is 23.0 Å². The lowest BCUT2D eigenvalue weighted by molar-refractivity contribution is 0.0715. The fraction of sp³-hybridized carbons (Fsp3) is 0.450. The second-order valence-corrected chi connectivity index (χ2v) is 9.31. The number of anilines is 1. The van der Waals surface area contributed by atoms with Crippen molar-refractivity contribution in [3.63, 3.8) is 0 Å². The fourth-order valence-corrected chi connectivity index (χ4v) is 5.41. The van der Waals surface area contributed by atoms with E-state index in [9.17, 15) is 13.2 Å². The third kappa shape index (κ3) is 3.31. The van der Waals surface area contributed by atoms with E-state index in [1.807, 2.05) is 13.0 Å². The lowest BCUT2D eigenvalue weighted by atomic mass is 10.2. The summed E-state index contributed by atoms with van der Waals surface area (Å²) in [6, 6.07) is 9.80. The van der Waals surface area contributed by atoms with Crippen LogP contribution in [0.2, 0.25) is 0 Å². The van der Waals surface area contributed by atoms with Crippen LogP contribution in [-0.2, 0) is 16.6 Å². The number of likely N-dealkylation sites (N-methyl/N-ethyl adjacent to an activating group) is 1. The number of benzene rings is 1. The van der Waals surface area contributed by atoms with Gasteiger partial charge in [-0.1, -0.05) is 12.1 Å². The van der Waals surface area contributed by atoms with E-state index >= 15 is 0 Å². The standard InChI is InChI=1S/C20H26N4O3S/c1-3-21-7-8-23-15-18(14-19(23)20(21)25)28(26,27)24-11-9-22(10-12-24)17-6-4-5-16(2)13-17/h4-6,13-15H,3,7-12H2,1-2H3. The van der Waals surface area contributed by atoms with Gasteiger partial charge in [0.2, 0.25) is 10.0 Å². The van der Waals surface area contributed by atoms with Crippen molar-refractivity contribution in [3.05, 3.63) is 47.8 Å². The highest BCUT2D eigenvalue weighted by Crippen LogP contribution is 2.25. The lowest BCUT2D eigenvalue weighted by Gasteiger charge is -2.35. The smallest absolute Gasteiger partial charge is 0.270 e. The molecule has 0 radical (unpaired) electrons. The van der Waals surface area contributed by atoms with Gasteiger partial charge in [0.1, 0.15) is 10.6 Å². The van der Waals surface area contributed by atoms with Gasteiger partial charge in [0.15, 0.2) is 0 Å². The molecule has 4 rings (SSSR count). The number of carbonyl (C=O) groups excluding carboxylic acids is 1. The minimum atomic E-state index is -3.60. The number of aromatic nitrogens is 1. The van der Waals surface area contributed by atoms with Crippen molar-refractivity contribution in [1.29, 1.82) is 0 Å². The van der Waals surface area contributed by atoms with Gasteiger partial charge < -0.3 is 14.4 Å². The summed E-state index contributed by atoms with van der Waals surface area (Å²) < 4.78 is 29.6. The number of hydrogen-bond donors (Lipinski definition) is 0. The highest BCUT2D eigenvalue weighted by Gasteiger charge is 2.32. The maximum atomic E-state index is 13.1. The zero-order chi connectivity index (χ0) is 19.9. The zero-order valence-corrected chi connectivity index (χ0v) is 17.2. The molecule has 1 aromatic carbocycles. The van der Waals surface area contributed by atoms with Crippen LogP contribution >= 0.6 is 0 Å². The quantitative estimate of drug-likeness (QED) is 0.782. The summed E-state index contributed by atoms with van der Waals surface area (Å²) in [5.41, 5.74) is 2.78. The summed E-state index contributed by atoms with van der Waals surface area (Å²) in [6.45, 7) is 8.04. The monoisotopic (exact) mass is 402 g/mol. The first-order chi connectivity index (χ1) is 13.4. The Bertz CT molecular complexity index is 991. The van der Waals surface area contributed by atoms with Crippen LogP contribution in [0, 0.1) is 6.92 Å². The van der Waals surface area contributed by atoms with Gasteiger partial charge in [-0.15, -0.1) is 0 Å². The number of nitrogens with zero attached hydrogens (tertiary/aromatic N) is 4. The van der Waals surface area contributed by atoms with Gasteiger partial charge in [-0.05, 0) is 37.6 Å². The Morgan fingerprint density at radius 1 is 1.00 bits per heavy atom. The molecule has 28 heavy (non-hydrogen) atoms. The molecule has 1 saturated heterocycles. The molecule has 150 valence electrons. The van der Waals surface area contributed by atoms with E-state index in [-0.39, 0.29) is 10.8 Å². The molecule has 1 amide bonds. The Morgan fingerprint density at radius 3 is 2.43 bits per heavy atom. The van der Waals surface area contributed by atoms with Gasteiger partial charge in [-0.2, -0.15) is 4.31 Å². The van der Waals surface area contributed by atoms with Crippen LogP contribution in [0.3, 0.4) is 0 Å². The summed E-state index contributed by atoms with van der Waals surface area (Å²) in [7, 11) is -3.60. The van der Waals surface area contributed by atoms with E-state index in [1.165, 1.54) is 15.9 Å². The highest BCUT2D eigenvalue weighted by molar-refractivity contribution is 7.89. The molecule has 0 aliphatic carbocycles. The fourth-order valence-electron chi connectivity index (χ4n) is 3.94. The molecular weight excluding hydrogens is 376 g/mol. The molecule has 2 aliphatic heterocycles. The number of sulfonamides is 1. The van der Waals surface area contributed by atoms with E-state index in [1.54, 1.807) is 15.7 Å². The Hall–Kier alpha value is -2.32.